The Balaban J connectivity index is 1.73. The van der Waals surface area contributed by atoms with E-state index in [2.05, 4.69) is 0 Å². The van der Waals surface area contributed by atoms with E-state index in [1.54, 1.807) is 0 Å². The second-order valence-corrected chi connectivity index (χ2v) is 6.83. The average Bonchev–Trinajstić information content (AvgIpc) is 2.99. The standard InChI is InChI=1S/C16H20N2O2S/c1-17-9-5-8-13(17)10-14-15(19)18(16(20)21-14)11-12-6-3-2-4-7-12/h5,8-10,12H,2-4,6-7,11H2,1H3/b14-10+. The molecule has 1 aromatic heterocycles. The number of hydrogen-bond donors (Lipinski definition) is 0. The van der Waals surface area contributed by atoms with Gasteiger partial charge in [-0.3, -0.25) is 14.5 Å². The fourth-order valence-corrected chi connectivity index (χ4v) is 3.88. The Bertz CT molecular complexity index is 585. The lowest BCUT2D eigenvalue weighted by Crippen LogP contribution is -2.34. The average molecular weight is 304 g/mol. The second-order valence-electron chi connectivity index (χ2n) is 5.84. The smallest absolute Gasteiger partial charge is 0.293 e. The molecule has 0 unspecified atom stereocenters. The summed E-state index contributed by atoms with van der Waals surface area (Å²) in [4.78, 5) is 26.5. The van der Waals surface area contributed by atoms with Gasteiger partial charge in [-0.05, 0) is 48.7 Å². The highest BCUT2D eigenvalue weighted by molar-refractivity contribution is 8.18. The maximum Gasteiger partial charge on any atom is 0.293 e. The van der Waals surface area contributed by atoms with Crippen molar-refractivity contribution >= 4 is 29.0 Å². The number of aryl methyl sites for hydroxylation is 1. The van der Waals surface area contributed by atoms with E-state index in [-0.39, 0.29) is 11.1 Å². The number of carbonyl (C=O) groups is 2. The summed E-state index contributed by atoms with van der Waals surface area (Å²) in [6, 6.07) is 3.87. The van der Waals surface area contributed by atoms with Crippen LogP contribution in [0.1, 0.15) is 37.8 Å². The molecule has 0 bridgehead atoms. The van der Waals surface area contributed by atoms with Crippen LogP contribution in [-0.4, -0.2) is 27.2 Å². The Morgan fingerprint density at radius 1 is 1.29 bits per heavy atom. The van der Waals surface area contributed by atoms with Gasteiger partial charge in [0, 0.05) is 25.5 Å². The Kier molecular flexibility index (Phi) is 4.19. The van der Waals surface area contributed by atoms with Crippen molar-refractivity contribution in [3.63, 3.8) is 0 Å². The van der Waals surface area contributed by atoms with Crippen molar-refractivity contribution in [2.45, 2.75) is 32.1 Å². The number of carbonyl (C=O) groups excluding carboxylic acids is 2. The molecule has 1 aromatic rings. The molecule has 4 nitrogen and oxygen atoms in total. The molecule has 1 saturated carbocycles. The van der Waals surface area contributed by atoms with Gasteiger partial charge in [-0.1, -0.05) is 19.3 Å². The molecule has 0 atom stereocenters. The number of amides is 2. The molecule has 2 aliphatic rings. The SMILES string of the molecule is Cn1cccc1/C=C1/SC(=O)N(CC2CCCCC2)C1=O. The first kappa shape index (κ1) is 14.4. The summed E-state index contributed by atoms with van der Waals surface area (Å²) >= 11 is 1.06. The minimum Gasteiger partial charge on any atom is -0.351 e. The van der Waals surface area contributed by atoms with Crippen LogP contribution in [-0.2, 0) is 11.8 Å². The molecule has 0 N–H and O–H groups in total. The first-order chi connectivity index (χ1) is 10.1. The van der Waals surface area contributed by atoms with Gasteiger partial charge in [-0.25, -0.2) is 0 Å². The van der Waals surface area contributed by atoms with E-state index < -0.39 is 0 Å². The number of thioether (sulfide) groups is 1. The summed E-state index contributed by atoms with van der Waals surface area (Å²) in [6.07, 6.45) is 9.74. The van der Waals surface area contributed by atoms with E-state index in [4.69, 9.17) is 0 Å². The maximum atomic E-state index is 12.4. The normalized spacial score (nSPS) is 22.5. The Morgan fingerprint density at radius 3 is 2.71 bits per heavy atom. The number of rotatable bonds is 3. The van der Waals surface area contributed by atoms with E-state index in [1.807, 2.05) is 36.0 Å². The van der Waals surface area contributed by atoms with Gasteiger partial charge in [0.15, 0.2) is 0 Å². The van der Waals surface area contributed by atoms with Crippen molar-refractivity contribution in [2.24, 2.45) is 13.0 Å². The minimum atomic E-state index is -0.128. The number of aromatic nitrogens is 1. The molecule has 3 rings (SSSR count). The zero-order valence-electron chi connectivity index (χ0n) is 12.2. The molecule has 0 spiro atoms. The lowest BCUT2D eigenvalue weighted by Gasteiger charge is -2.25. The van der Waals surface area contributed by atoms with E-state index in [0.29, 0.717) is 17.4 Å². The van der Waals surface area contributed by atoms with Gasteiger partial charge in [0.1, 0.15) is 0 Å². The Hall–Kier alpha value is -1.49. The topological polar surface area (TPSA) is 42.3 Å². The molecule has 112 valence electrons. The van der Waals surface area contributed by atoms with Crippen molar-refractivity contribution in [1.82, 2.24) is 9.47 Å². The highest BCUT2D eigenvalue weighted by Crippen LogP contribution is 2.34. The fourth-order valence-electron chi connectivity index (χ4n) is 3.04. The zero-order chi connectivity index (χ0) is 14.8. The van der Waals surface area contributed by atoms with Gasteiger partial charge in [0.25, 0.3) is 11.1 Å². The van der Waals surface area contributed by atoms with Crippen LogP contribution < -0.4 is 0 Å². The van der Waals surface area contributed by atoms with E-state index >= 15 is 0 Å². The molecule has 1 aliphatic heterocycles. The molecule has 1 aliphatic carbocycles. The summed E-state index contributed by atoms with van der Waals surface area (Å²) in [5.41, 5.74) is 0.943. The summed E-state index contributed by atoms with van der Waals surface area (Å²) in [6.45, 7) is 0.592. The monoisotopic (exact) mass is 304 g/mol. The van der Waals surface area contributed by atoms with Crippen molar-refractivity contribution in [3.05, 3.63) is 28.9 Å². The van der Waals surface area contributed by atoms with Crippen LogP contribution in [0.4, 0.5) is 4.79 Å². The third-order valence-corrected chi connectivity index (χ3v) is 5.21. The third-order valence-electron chi connectivity index (χ3n) is 4.30. The lowest BCUT2D eigenvalue weighted by atomic mass is 9.89. The van der Waals surface area contributed by atoms with Crippen molar-refractivity contribution in [2.75, 3.05) is 6.54 Å². The molecule has 1 saturated heterocycles. The molecule has 2 heterocycles. The lowest BCUT2D eigenvalue weighted by molar-refractivity contribution is -0.123. The minimum absolute atomic E-state index is 0.119. The molecular formula is C16H20N2O2S. The van der Waals surface area contributed by atoms with E-state index in [1.165, 1.54) is 24.2 Å². The van der Waals surface area contributed by atoms with Crippen LogP contribution in [0.25, 0.3) is 6.08 Å². The summed E-state index contributed by atoms with van der Waals surface area (Å²) in [5, 5.41) is -0.119. The molecular weight excluding hydrogens is 284 g/mol. The summed E-state index contributed by atoms with van der Waals surface area (Å²) in [5.74, 6) is 0.360. The molecule has 2 amide bonds. The zero-order valence-corrected chi connectivity index (χ0v) is 13.1. The van der Waals surface area contributed by atoms with Crippen LogP contribution in [0.3, 0.4) is 0 Å². The van der Waals surface area contributed by atoms with E-state index in [9.17, 15) is 9.59 Å². The second kappa shape index (κ2) is 6.10. The van der Waals surface area contributed by atoms with Gasteiger partial charge in [-0.15, -0.1) is 0 Å². The van der Waals surface area contributed by atoms with Crippen LogP contribution in [0, 0.1) is 5.92 Å². The van der Waals surface area contributed by atoms with Gasteiger partial charge >= 0.3 is 0 Å². The number of hydrogen-bond acceptors (Lipinski definition) is 3. The summed E-state index contributed by atoms with van der Waals surface area (Å²) < 4.78 is 1.94. The molecule has 21 heavy (non-hydrogen) atoms. The Morgan fingerprint density at radius 2 is 2.05 bits per heavy atom. The van der Waals surface area contributed by atoms with Gasteiger partial charge in [-0.2, -0.15) is 0 Å². The van der Waals surface area contributed by atoms with Crippen LogP contribution in [0.2, 0.25) is 0 Å². The van der Waals surface area contributed by atoms with Gasteiger partial charge in [0.2, 0.25) is 0 Å². The largest absolute Gasteiger partial charge is 0.351 e. The number of imide groups is 1. The van der Waals surface area contributed by atoms with Gasteiger partial charge < -0.3 is 4.57 Å². The molecule has 2 fully saturated rings. The molecule has 0 radical (unpaired) electrons. The fraction of sp³-hybridized carbons (Fsp3) is 0.500. The van der Waals surface area contributed by atoms with Crippen molar-refractivity contribution in [1.29, 1.82) is 0 Å². The quantitative estimate of drug-likeness (QED) is 0.801. The number of nitrogens with zero attached hydrogens (tertiary/aromatic N) is 2. The third kappa shape index (κ3) is 3.07. The molecule has 0 aromatic carbocycles. The molecule has 5 heteroatoms. The van der Waals surface area contributed by atoms with Crippen molar-refractivity contribution in [3.8, 4) is 0 Å². The first-order valence-corrected chi connectivity index (χ1v) is 8.33. The summed E-state index contributed by atoms with van der Waals surface area (Å²) in [7, 11) is 1.93. The van der Waals surface area contributed by atoms with Crippen LogP contribution in [0.5, 0.6) is 0 Å². The maximum absolute atomic E-state index is 12.4. The van der Waals surface area contributed by atoms with Crippen LogP contribution >= 0.6 is 11.8 Å². The first-order valence-electron chi connectivity index (χ1n) is 7.52. The Labute approximate surface area is 129 Å². The highest BCUT2D eigenvalue weighted by Gasteiger charge is 2.36. The predicted molar refractivity (Wildman–Crippen MR) is 84.7 cm³/mol. The highest BCUT2D eigenvalue weighted by atomic mass is 32.2. The van der Waals surface area contributed by atoms with E-state index in [0.717, 1.165) is 30.3 Å². The predicted octanol–water partition coefficient (Wildman–Crippen LogP) is 3.64. The van der Waals surface area contributed by atoms with Crippen LogP contribution in [0.15, 0.2) is 23.2 Å². The van der Waals surface area contributed by atoms with Gasteiger partial charge in [0.05, 0.1) is 4.91 Å². The van der Waals surface area contributed by atoms with Crippen molar-refractivity contribution < 1.29 is 9.59 Å².